The molecule has 1 fully saturated rings. The van der Waals surface area contributed by atoms with Gasteiger partial charge in [-0.15, -0.1) is 11.3 Å². The predicted octanol–water partition coefficient (Wildman–Crippen LogP) is 2.18. The van der Waals surface area contributed by atoms with E-state index in [4.69, 9.17) is 4.74 Å². The van der Waals surface area contributed by atoms with Crippen LogP contribution in [0.2, 0.25) is 0 Å². The fourth-order valence-corrected chi connectivity index (χ4v) is 3.99. The first-order chi connectivity index (χ1) is 13.6. The quantitative estimate of drug-likeness (QED) is 0.719. The number of amides is 2. The van der Waals surface area contributed by atoms with Crippen molar-refractivity contribution in [1.82, 2.24) is 15.2 Å². The number of rotatable bonds is 7. The molecule has 2 amide bonds. The van der Waals surface area contributed by atoms with Crippen molar-refractivity contribution in [3.05, 3.63) is 45.8 Å². The highest BCUT2D eigenvalue weighted by Crippen LogP contribution is 2.20. The molecule has 0 bridgehead atoms. The number of aryl methyl sites for hydroxylation is 1. The summed E-state index contributed by atoms with van der Waals surface area (Å²) >= 11 is 1.50. The fourth-order valence-electron chi connectivity index (χ4n) is 3.10. The molecule has 8 heteroatoms. The molecule has 1 aliphatic rings. The van der Waals surface area contributed by atoms with Crippen LogP contribution in [0, 0.1) is 6.92 Å². The van der Waals surface area contributed by atoms with E-state index in [1.807, 2.05) is 29.3 Å². The van der Waals surface area contributed by atoms with Gasteiger partial charge in [-0.2, -0.15) is 0 Å². The van der Waals surface area contributed by atoms with Crippen LogP contribution >= 0.6 is 11.3 Å². The number of carbonyl (C=O) groups is 2. The van der Waals surface area contributed by atoms with E-state index in [0.717, 1.165) is 35.8 Å². The van der Waals surface area contributed by atoms with Crippen molar-refractivity contribution in [2.75, 3.05) is 51.3 Å². The molecule has 0 unspecified atom stereocenters. The van der Waals surface area contributed by atoms with E-state index in [9.17, 15) is 9.59 Å². The first-order valence-electron chi connectivity index (χ1n) is 9.41. The number of methoxy groups -OCH3 is 1. The summed E-state index contributed by atoms with van der Waals surface area (Å²) in [5, 5.41) is 4.81. The van der Waals surface area contributed by atoms with Crippen LogP contribution in [0.3, 0.4) is 0 Å². The van der Waals surface area contributed by atoms with Crippen LogP contribution in [0.5, 0.6) is 0 Å². The molecule has 28 heavy (non-hydrogen) atoms. The van der Waals surface area contributed by atoms with Crippen LogP contribution in [0.25, 0.3) is 0 Å². The second kappa shape index (κ2) is 9.66. The average Bonchev–Trinajstić information content (AvgIpc) is 3.16. The third kappa shape index (κ3) is 4.88. The molecule has 2 aromatic heterocycles. The summed E-state index contributed by atoms with van der Waals surface area (Å²) in [5.74, 6) is 0.813. The molecular formula is C20H26N4O3S. The first kappa shape index (κ1) is 20.3. The van der Waals surface area contributed by atoms with Crippen molar-refractivity contribution < 1.29 is 14.3 Å². The Bertz CT molecular complexity index is 798. The van der Waals surface area contributed by atoms with Crippen molar-refractivity contribution in [1.29, 1.82) is 0 Å². The molecule has 3 rings (SSSR count). The van der Waals surface area contributed by atoms with E-state index in [0.29, 0.717) is 31.8 Å². The van der Waals surface area contributed by atoms with Crippen molar-refractivity contribution >= 4 is 29.0 Å². The Morgan fingerprint density at radius 1 is 1.21 bits per heavy atom. The Kier molecular flexibility index (Phi) is 7.00. The summed E-state index contributed by atoms with van der Waals surface area (Å²) in [5.41, 5.74) is 1.58. The minimum atomic E-state index is -0.128. The Hall–Kier alpha value is -2.45. The monoisotopic (exact) mass is 402 g/mol. The van der Waals surface area contributed by atoms with Gasteiger partial charge in [0.15, 0.2) is 0 Å². The van der Waals surface area contributed by atoms with E-state index in [1.54, 1.807) is 19.4 Å². The maximum absolute atomic E-state index is 12.6. The Morgan fingerprint density at radius 3 is 2.61 bits per heavy atom. The van der Waals surface area contributed by atoms with Gasteiger partial charge in [0, 0.05) is 52.6 Å². The number of thiophene rings is 1. The maximum atomic E-state index is 12.6. The Labute approximate surface area is 169 Å². The first-order valence-corrected chi connectivity index (χ1v) is 10.3. The molecule has 150 valence electrons. The Balaban J connectivity index is 1.51. The zero-order valence-corrected chi connectivity index (χ0v) is 17.1. The summed E-state index contributed by atoms with van der Waals surface area (Å²) in [4.78, 5) is 34.0. The summed E-state index contributed by atoms with van der Waals surface area (Å²) in [7, 11) is 1.64. The fraction of sp³-hybridized carbons (Fsp3) is 0.450. The summed E-state index contributed by atoms with van der Waals surface area (Å²) < 4.78 is 4.97. The van der Waals surface area contributed by atoms with Gasteiger partial charge >= 0.3 is 0 Å². The van der Waals surface area contributed by atoms with E-state index in [-0.39, 0.29) is 11.8 Å². The van der Waals surface area contributed by atoms with Crippen LogP contribution in [0.1, 0.15) is 32.0 Å². The normalized spacial score (nSPS) is 14.2. The third-order valence-electron chi connectivity index (χ3n) is 4.77. The van der Waals surface area contributed by atoms with Crippen LogP contribution in [0.15, 0.2) is 29.8 Å². The number of anilines is 1. The number of nitrogens with one attached hydrogen (secondary N) is 1. The van der Waals surface area contributed by atoms with E-state index in [2.05, 4.69) is 15.2 Å². The van der Waals surface area contributed by atoms with Gasteiger partial charge in [0.2, 0.25) is 0 Å². The minimum Gasteiger partial charge on any atom is -0.385 e. The topological polar surface area (TPSA) is 74.8 Å². The molecule has 7 nitrogen and oxygen atoms in total. The lowest BCUT2D eigenvalue weighted by Gasteiger charge is -2.35. The molecular weight excluding hydrogens is 376 g/mol. The second-order valence-electron chi connectivity index (χ2n) is 6.72. The lowest BCUT2D eigenvalue weighted by atomic mass is 10.2. The van der Waals surface area contributed by atoms with E-state index in [1.165, 1.54) is 11.3 Å². The highest BCUT2D eigenvalue weighted by atomic mass is 32.1. The number of piperazine rings is 1. The van der Waals surface area contributed by atoms with Crippen molar-refractivity contribution in [2.45, 2.75) is 13.3 Å². The van der Waals surface area contributed by atoms with Crippen molar-refractivity contribution in [2.24, 2.45) is 0 Å². The zero-order valence-electron chi connectivity index (χ0n) is 16.3. The van der Waals surface area contributed by atoms with Gasteiger partial charge in [-0.05, 0) is 42.5 Å². The standard InChI is InChI=1S/C20H26N4O3S/c1-15-6-13-28-18(15)20(26)24-10-8-23(9-11-24)17-5-4-16(14-22-17)19(25)21-7-3-12-27-2/h4-6,13-14H,3,7-12H2,1-2H3,(H,21,25). The number of ether oxygens (including phenoxy) is 1. The van der Waals surface area contributed by atoms with Crippen molar-refractivity contribution in [3.8, 4) is 0 Å². The summed E-state index contributed by atoms with van der Waals surface area (Å²) in [6.07, 6.45) is 2.38. The molecule has 2 aromatic rings. The molecule has 0 aromatic carbocycles. The summed E-state index contributed by atoms with van der Waals surface area (Å²) in [6.45, 7) is 5.96. The second-order valence-corrected chi connectivity index (χ2v) is 7.64. The Morgan fingerprint density at radius 2 is 2.00 bits per heavy atom. The molecule has 0 atom stereocenters. The molecule has 0 spiro atoms. The molecule has 0 saturated carbocycles. The number of hydrogen-bond acceptors (Lipinski definition) is 6. The largest absolute Gasteiger partial charge is 0.385 e. The smallest absolute Gasteiger partial charge is 0.264 e. The van der Waals surface area contributed by atoms with E-state index >= 15 is 0 Å². The van der Waals surface area contributed by atoms with Crippen LogP contribution in [0.4, 0.5) is 5.82 Å². The lowest BCUT2D eigenvalue weighted by Crippen LogP contribution is -2.49. The van der Waals surface area contributed by atoms with Gasteiger partial charge in [-0.3, -0.25) is 9.59 Å². The lowest BCUT2D eigenvalue weighted by molar-refractivity contribution is 0.0750. The minimum absolute atomic E-state index is 0.112. The highest BCUT2D eigenvalue weighted by Gasteiger charge is 2.24. The van der Waals surface area contributed by atoms with Crippen LogP contribution < -0.4 is 10.2 Å². The molecule has 3 heterocycles. The molecule has 1 saturated heterocycles. The van der Waals surface area contributed by atoms with Gasteiger partial charge in [0.1, 0.15) is 5.82 Å². The third-order valence-corrected chi connectivity index (χ3v) is 5.77. The van der Waals surface area contributed by atoms with Crippen LogP contribution in [-0.4, -0.2) is 68.1 Å². The van der Waals surface area contributed by atoms with Crippen LogP contribution in [-0.2, 0) is 4.74 Å². The predicted molar refractivity (Wildman–Crippen MR) is 110 cm³/mol. The molecule has 0 radical (unpaired) electrons. The van der Waals surface area contributed by atoms with Crippen molar-refractivity contribution in [3.63, 3.8) is 0 Å². The van der Waals surface area contributed by atoms with E-state index < -0.39 is 0 Å². The van der Waals surface area contributed by atoms with Gasteiger partial charge in [0.05, 0.1) is 10.4 Å². The number of hydrogen-bond donors (Lipinski definition) is 1. The number of carbonyl (C=O) groups excluding carboxylic acids is 2. The maximum Gasteiger partial charge on any atom is 0.264 e. The van der Waals surface area contributed by atoms with Gasteiger partial charge < -0.3 is 19.9 Å². The highest BCUT2D eigenvalue weighted by molar-refractivity contribution is 7.12. The SMILES string of the molecule is COCCCNC(=O)c1ccc(N2CCN(C(=O)c3sccc3C)CC2)nc1. The molecule has 1 N–H and O–H groups in total. The number of pyridine rings is 1. The van der Waals surface area contributed by atoms with Gasteiger partial charge in [0.25, 0.3) is 11.8 Å². The van der Waals surface area contributed by atoms with Gasteiger partial charge in [-0.1, -0.05) is 0 Å². The molecule has 1 aliphatic heterocycles. The van der Waals surface area contributed by atoms with Gasteiger partial charge in [-0.25, -0.2) is 4.98 Å². The zero-order chi connectivity index (χ0) is 19.9. The number of nitrogens with zero attached hydrogens (tertiary/aromatic N) is 3. The number of aromatic nitrogens is 1. The summed E-state index contributed by atoms with van der Waals surface area (Å²) in [6, 6.07) is 5.64. The molecule has 0 aliphatic carbocycles. The average molecular weight is 403 g/mol.